The molecule has 1 unspecified atom stereocenters. The van der Waals surface area contributed by atoms with E-state index >= 15 is 0 Å². The van der Waals surface area contributed by atoms with Crippen molar-refractivity contribution in [3.8, 4) is 21.9 Å². The molecule has 4 N–H and O–H groups in total. The number of nitrogens with zero attached hydrogens (tertiary/aromatic N) is 1. The number of hydrogen-bond acceptors (Lipinski definition) is 6. The number of aromatic hydroxyl groups is 1. The summed E-state index contributed by atoms with van der Waals surface area (Å²) in [7, 11) is 1.42. The molecule has 9 nitrogen and oxygen atoms in total. The highest BCUT2D eigenvalue weighted by molar-refractivity contribution is 7.15. The predicted molar refractivity (Wildman–Crippen MR) is 117 cm³/mol. The Kier molecular flexibility index (Phi) is 7.15. The van der Waals surface area contributed by atoms with Gasteiger partial charge in [0, 0.05) is 23.0 Å². The van der Waals surface area contributed by atoms with Gasteiger partial charge in [0.05, 0.1) is 12.5 Å². The first-order valence-corrected chi connectivity index (χ1v) is 10.4. The molecule has 2 heterocycles. The molecule has 0 bridgehead atoms. The van der Waals surface area contributed by atoms with Crippen molar-refractivity contribution in [1.29, 1.82) is 0 Å². The van der Waals surface area contributed by atoms with Crippen LogP contribution >= 0.6 is 11.3 Å². The van der Waals surface area contributed by atoms with Gasteiger partial charge in [0.1, 0.15) is 11.5 Å². The number of carbonyl (C=O) groups is 2. The summed E-state index contributed by atoms with van der Waals surface area (Å²) in [6.07, 6.45) is -4.06. The van der Waals surface area contributed by atoms with Crippen LogP contribution in [0.15, 0.2) is 53.5 Å². The van der Waals surface area contributed by atoms with E-state index in [9.17, 15) is 37.8 Å². The van der Waals surface area contributed by atoms with E-state index in [-0.39, 0.29) is 5.69 Å². The minimum absolute atomic E-state index is 0.384. The molecule has 0 spiro atoms. The van der Waals surface area contributed by atoms with Gasteiger partial charge in [0.25, 0.3) is 5.56 Å². The molecule has 0 aliphatic rings. The van der Waals surface area contributed by atoms with E-state index in [0.717, 1.165) is 22.0 Å². The van der Waals surface area contributed by atoms with Crippen LogP contribution in [0, 0.1) is 0 Å². The van der Waals surface area contributed by atoms with Crippen LogP contribution in [0.4, 0.5) is 23.7 Å². The normalized spacial score (nSPS) is 12.1. The summed E-state index contributed by atoms with van der Waals surface area (Å²) in [6, 6.07) is 7.61. The summed E-state index contributed by atoms with van der Waals surface area (Å²) in [5.41, 5.74) is -0.663. The van der Waals surface area contributed by atoms with E-state index in [1.165, 1.54) is 37.5 Å². The summed E-state index contributed by atoms with van der Waals surface area (Å²) in [5.74, 6) is -2.10. The monoisotopic (exact) mass is 497 g/mol. The van der Waals surface area contributed by atoms with E-state index in [1.807, 2.05) is 0 Å². The van der Waals surface area contributed by atoms with Crippen LogP contribution < -0.4 is 20.9 Å². The van der Waals surface area contributed by atoms with Gasteiger partial charge in [-0.05, 0) is 35.9 Å². The van der Waals surface area contributed by atoms with Crippen molar-refractivity contribution in [2.75, 3.05) is 5.32 Å². The van der Waals surface area contributed by atoms with Crippen LogP contribution in [0.1, 0.15) is 17.3 Å². The average Bonchev–Trinajstić information content (AvgIpc) is 3.22. The SMILES string of the molecule is Cn1ccc(O)c(NC(=O)NC(CC(=O)O)c2ccc(-c3cccc(OC(F)(F)F)c3)s2)c1=O. The molecule has 3 aromatic rings. The smallest absolute Gasteiger partial charge is 0.505 e. The van der Waals surface area contributed by atoms with Crippen molar-refractivity contribution in [2.45, 2.75) is 18.8 Å². The number of benzene rings is 1. The Hall–Kier alpha value is -4.00. The van der Waals surface area contributed by atoms with Crippen molar-refractivity contribution in [1.82, 2.24) is 9.88 Å². The third kappa shape index (κ3) is 6.28. The number of nitrogens with one attached hydrogen (secondary N) is 2. The molecule has 34 heavy (non-hydrogen) atoms. The summed E-state index contributed by atoms with van der Waals surface area (Å²) in [6.45, 7) is 0. The molecule has 0 aliphatic carbocycles. The number of carbonyl (C=O) groups excluding carboxylic acids is 1. The van der Waals surface area contributed by atoms with Crippen molar-refractivity contribution in [3.63, 3.8) is 0 Å². The summed E-state index contributed by atoms with van der Waals surface area (Å²) < 4.78 is 42.5. The number of hydrogen-bond donors (Lipinski definition) is 4. The van der Waals surface area contributed by atoms with E-state index < -0.39 is 47.9 Å². The van der Waals surface area contributed by atoms with Gasteiger partial charge in [-0.2, -0.15) is 0 Å². The lowest BCUT2D eigenvalue weighted by molar-refractivity contribution is -0.274. The lowest BCUT2D eigenvalue weighted by Gasteiger charge is -2.16. The zero-order chi connectivity index (χ0) is 25.0. The molecule has 2 aromatic heterocycles. The Morgan fingerprint density at radius 1 is 1.21 bits per heavy atom. The van der Waals surface area contributed by atoms with Gasteiger partial charge in [0.15, 0.2) is 5.69 Å². The number of urea groups is 1. The molecule has 180 valence electrons. The number of carboxylic acids is 1. The second kappa shape index (κ2) is 9.87. The number of thiophene rings is 1. The Balaban J connectivity index is 1.82. The molecule has 1 aromatic carbocycles. The number of ether oxygens (including phenoxy) is 1. The van der Waals surface area contributed by atoms with Gasteiger partial charge >= 0.3 is 18.4 Å². The number of pyridine rings is 1. The zero-order valence-electron chi connectivity index (χ0n) is 17.4. The Bertz CT molecular complexity index is 1270. The van der Waals surface area contributed by atoms with Gasteiger partial charge in [0.2, 0.25) is 0 Å². The Morgan fingerprint density at radius 3 is 2.62 bits per heavy atom. The number of aromatic nitrogens is 1. The lowest BCUT2D eigenvalue weighted by atomic mass is 10.1. The van der Waals surface area contributed by atoms with Crippen LogP contribution in [-0.4, -0.2) is 33.1 Å². The Morgan fingerprint density at radius 2 is 1.94 bits per heavy atom. The van der Waals surface area contributed by atoms with Gasteiger partial charge in [-0.15, -0.1) is 24.5 Å². The number of alkyl halides is 3. The first-order valence-electron chi connectivity index (χ1n) is 9.57. The number of aliphatic carboxylic acids is 1. The molecule has 0 saturated carbocycles. The van der Waals surface area contributed by atoms with Crippen LogP contribution in [0.3, 0.4) is 0 Å². The number of rotatable bonds is 7. The first-order chi connectivity index (χ1) is 15.9. The van der Waals surface area contributed by atoms with E-state index in [2.05, 4.69) is 15.4 Å². The molecular weight excluding hydrogens is 479 g/mol. The van der Waals surface area contributed by atoms with Crippen molar-refractivity contribution >= 4 is 29.0 Å². The third-order valence-electron chi connectivity index (χ3n) is 4.49. The second-order valence-corrected chi connectivity index (χ2v) is 8.13. The highest BCUT2D eigenvalue weighted by atomic mass is 32.1. The number of aryl methyl sites for hydroxylation is 1. The number of halogens is 3. The number of carboxylic acid groups (broad SMARTS) is 1. The Labute approximate surface area is 194 Å². The minimum Gasteiger partial charge on any atom is -0.505 e. The van der Waals surface area contributed by atoms with Crippen LogP contribution in [0.25, 0.3) is 10.4 Å². The fourth-order valence-corrected chi connectivity index (χ4v) is 4.04. The average molecular weight is 497 g/mol. The van der Waals surface area contributed by atoms with E-state index in [4.69, 9.17) is 0 Å². The van der Waals surface area contributed by atoms with Crippen molar-refractivity contribution < 1.29 is 37.7 Å². The molecular formula is C21H18F3N3O6S. The third-order valence-corrected chi connectivity index (χ3v) is 5.74. The highest BCUT2D eigenvalue weighted by Gasteiger charge is 2.31. The topological polar surface area (TPSA) is 130 Å². The van der Waals surface area contributed by atoms with Crippen LogP contribution in [-0.2, 0) is 11.8 Å². The van der Waals surface area contributed by atoms with Crippen molar-refractivity contribution in [2.24, 2.45) is 7.05 Å². The van der Waals surface area contributed by atoms with Crippen molar-refractivity contribution in [3.05, 3.63) is 63.9 Å². The highest BCUT2D eigenvalue weighted by Crippen LogP contribution is 2.35. The van der Waals surface area contributed by atoms with E-state index in [1.54, 1.807) is 12.1 Å². The molecule has 2 amide bonds. The largest absolute Gasteiger partial charge is 0.573 e. The maximum Gasteiger partial charge on any atom is 0.573 e. The lowest BCUT2D eigenvalue weighted by Crippen LogP contribution is -2.35. The van der Waals surface area contributed by atoms with Crippen LogP contribution in [0.2, 0.25) is 0 Å². The molecule has 0 fully saturated rings. The molecule has 13 heteroatoms. The standard InChI is InChI=1S/C21H18F3N3O6S/c1-27-8-7-14(28)18(19(27)31)26-20(32)25-13(10-17(29)30)16-6-5-15(34-16)11-3-2-4-12(9-11)33-21(22,23)24/h2-9,13,28H,10H2,1H3,(H,29,30)(H2,25,26,32). The summed E-state index contributed by atoms with van der Waals surface area (Å²) >= 11 is 1.06. The van der Waals surface area contributed by atoms with E-state index in [0.29, 0.717) is 15.3 Å². The maximum absolute atomic E-state index is 12.5. The van der Waals surface area contributed by atoms with Gasteiger partial charge < -0.3 is 30.2 Å². The molecule has 1 atom stereocenters. The molecule has 0 aliphatic heterocycles. The molecule has 3 rings (SSSR count). The zero-order valence-corrected chi connectivity index (χ0v) is 18.2. The number of amides is 2. The molecule has 0 radical (unpaired) electrons. The first kappa shape index (κ1) is 24.6. The van der Waals surface area contributed by atoms with Crippen LogP contribution in [0.5, 0.6) is 11.5 Å². The minimum atomic E-state index is -4.85. The summed E-state index contributed by atoms with van der Waals surface area (Å²) in [4.78, 5) is 36.8. The van der Waals surface area contributed by atoms with Gasteiger partial charge in [-0.25, -0.2) is 4.79 Å². The number of anilines is 1. The second-order valence-electron chi connectivity index (χ2n) is 7.02. The maximum atomic E-state index is 12.5. The quantitative estimate of drug-likeness (QED) is 0.390. The fourth-order valence-electron chi connectivity index (χ4n) is 2.98. The predicted octanol–water partition coefficient (Wildman–Crippen LogP) is 4.06. The van der Waals surface area contributed by atoms with Gasteiger partial charge in [-0.3, -0.25) is 9.59 Å². The van der Waals surface area contributed by atoms with Gasteiger partial charge in [-0.1, -0.05) is 12.1 Å². The fraction of sp³-hybridized carbons (Fsp3) is 0.190. The molecule has 0 saturated heterocycles. The summed E-state index contributed by atoms with van der Waals surface area (Å²) in [5, 5.41) is 23.8.